The number of ether oxygens (including phenoxy) is 2. The van der Waals surface area contributed by atoms with Crippen molar-refractivity contribution in [1.82, 2.24) is 0 Å². The molecular weight excluding hydrogens is 160 g/mol. The summed E-state index contributed by atoms with van der Waals surface area (Å²) >= 11 is 0. The number of carbonyl (C=O) groups excluding carboxylic acids is 2. The maximum atomic E-state index is 10.7. The molecule has 0 bridgehead atoms. The van der Waals surface area contributed by atoms with Gasteiger partial charge >= 0.3 is 11.9 Å². The Morgan fingerprint density at radius 3 is 2.92 bits per heavy atom. The quantitative estimate of drug-likeness (QED) is 0.414. The molecule has 4 nitrogen and oxygen atoms in total. The average Bonchev–Trinajstić information content (AvgIpc) is 2.09. The van der Waals surface area contributed by atoms with Crippen LogP contribution in [0.3, 0.4) is 0 Å². The number of hydrogen-bond acceptors (Lipinski definition) is 4. The van der Waals surface area contributed by atoms with Gasteiger partial charge in [0, 0.05) is 12.2 Å². The molecule has 0 aromatic carbocycles. The first-order valence-electron chi connectivity index (χ1n) is 3.36. The zero-order valence-electron chi connectivity index (χ0n) is 6.57. The van der Waals surface area contributed by atoms with Gasteiger partial charge in [-0.05, 0) is 11.6 Å². The fourth-order valence-corrected chi connectivity index (χ4v) is 0.726. The Hall–Kier alpha value is -1.58. The molecule has 0 unspecified atom stereocenters. The molecule has 0 fully saturated rings. The van der Waals surface area contributed by atoms with Crippen LogP contribution in [0.5, 0.6) is 0 Å². The van der Waals surface area contributed by atoms with Crippen molar-refractivity contribution in [3.05, 3.63) is 23.8 Å². The van der Waals surface area contributed by atoms with Crippen LogP contribution in [0.1, 0.15) is 0 Å². The van der Waals surface area contributed by atoms with Gasteiger partial charge in [0.25, 0.3) is 0 Å². The second kappa shape index (κ2) is 3.71. The highest BCUT2D eigenvalue weighted by atomic mass is 16.5. The molecule has 0 radical (unpaired) electrons. The van der Waals surface area contributed by atoms with Gasteiger partial charge in [0.05, 0.1) is 7.11 Å². The van der Waals surface area contributed by atoms with E-state index in [9.17, 15) is 9.59 Å². The predicted molar refractivity (Wildman–Crippen MR) is 40.2 cm³/mol. The number of carbonyl (C=O) groups is 2. The first-order chi connectivity index (χ1) is 5.72. The molecule has 1 rings (SSSR count). The zero-order valence-corrected chi connectivity index (χ0v) is 6.57. The van der Waals surface area contributed by atoms with Crippen molar-refractivity contribution in [3.63, 3.8) is 0 Å². The third-order valence-electron chi connectivity index (χ3n) is 1.32. The van der Waals surface area contributed by atoms with Gasteiger partial charge in [-0.2, -0.15) is 0 Å². The largest absolute Gasteiger partial charge is 0.466 e. The third-order valence-corrected chi connectivity index (χ3v) is 1.32. The van der Waals surface area contributed by atoms with Crippen molar-refractivity contribution in [1.29, 1.82) is 0 Å². The number of esters is 2. The van der Waals surface area contributed by atoms with E-state index >= 15 is 0 Å². The second-order valence-corrected chi connectivity index (χ2v) is 2.18. The van der Waals surface area contributed by atoms with E-state index in [1.165, 1.54) is 25.3 Å². The average molecular weight is 168 g/mol. The van der Waals surface area contributed by atoms with Gasteiger partial charge < -0.3 is 9.47 Å². The SMILES string of the molecule is COC(=O)/C=C1\C=CC(=O)OC1. The van der Waals surface area contributed by atoms with Gasteiger partial charge in [0.1, 0.15) is 6.61 Å². The first-order valence-corrected chi connectivity index (χ1v) is 3.36. The van der Waals surface area contributed by atoms with Crippen molar-refractivity contribution in [2.24, 2.45) is 0 Å². The second-order valence-electron chi connectivity index (χ2n) is 2.18. The fourth-order valence-electron chi connectivity index (χ4n) is 0.726. The molecule has 12 heavy (non-hydrogen) atoms. The van der Waals surface area contributed by atoms with Gasteiger partial charge in [-0.3, -0.25) is 0 Å². The van der Waals surface area contributed by atoms with Crippen molar-refractivity contribution < 1.29 is 19.1 Å². The molecule has 0 aliphatic carbocycles. The zero-order chi connectivity index (χ0) is 8.97. The summed E-state index contributed by atoms with van der Waals surface area (Å²) in [5, 5.41) is 0. The van der Waals surface area contributed by atoms with Crippen LogP contribution < -0.4 is 0 Å². The summed E-state index contributed by atoms with van der Waals surface area (Å²) in [5.41, 5.74) is 0.626. The first kappa shape index (κ1) is 8.52. The molecule has 64 valence electrons. The number of methoxy groups -OCH3 is 1. The molecule has 0 spiro atoms. The molecule has 1 aliphatic heterocycles. The lowest BCUT2D eigenvalue weighted by Crippen LogP contribution is -2.10. The van der Waals surface area contributed by atoms with Crippen molar-refractivity contribution >= 4 is 11.9 Å². The lowest BCUT2D eigenvalue weighted by molar-refractivity contribution is -0.138. The van der Waals surface area contributed by atoms with Crippen LogP contribution in [0.15, 0.2) is 23.8 Å². The minimum absolute atomic E-state index is 0.129. The molecular formula is C8H8O4. The van der Waals surface area contributed by atoms with E-state index in [0.29, 0.717) is 5.57 Å². The lowest BCUT2D eigenvalue weighted by atomic mass is 10.2. The molecule has 0 saturated heterocycles. The van der Waals surface area contributed by atoms with Gasteiger partial charge in [0.2, 0.25) is 0 Å². The van der Waals surface area contributed by atoms with E-state index in [4.69, 9.17) is 0 Å². The van der Waals surface area contributed by atoms with E-state index in [-0.39, 0.29) is 6.61 Å². The molecule has 0 amide bonds. The maximum Gasteiger partial charge on any atom is 0.331 e. The standard InChI is InChI=1S/C8H8O4/c1-11-8(10)4-6-2-3-7(9)12-5-6/h2-4H,5H2,1H3/b6-4+. The number of hydrogen-bond donors (Lipinski definition) is 0. The Balaban J connectivity index is 2.66. The topological polar surface area (TPSA) is 52.6 Å². The minimum atomic E-state index is -0.451. The molecule has 4 heteroatoms. The van der Waals surface area contributed by atoms with Gasteiger partial charge in [-0.1, -0.05) is 0 Å². The van der Waals surface area contributed by atoms with Crippen LogP contribution in [0.4, 0.5) is 0 Å². The molecule has 1 heterocycles. The van der Waals surface area contributed by atoms with E-state index in [1.54, 1.807) is 0 Å². The Bertz CT molecular complexity index is 262. The third kappa shape index (κ3) is 2.23. The molecule has 0 saturated carbocycles. The summed E-state index contributed by atoms with van der Waals surface area (Å²) in [6.45, 7) is 0.129. The number of cyclic esters (lactones) is 1. The van der Waals surface area contributed by atoms with Gasteiger partial charge in [-0.15, -0.1) is 0 Å². The highest BCUT2D eigenvalue weighted by Gasteiger charge is 2.07. The van der Waals surface area contributed by atoms with E-state index in [2.05, 4.69) is 9.47 Å². The van der Waals surface area contributed by atoms with Crippen LogP contribution >= 0.6 is 0 Å². The molecule has 0 aromatic rings. The summed E-state index contributed by atoms with van der Waals surface area (Å²) in [4.78, 5) is 21.2. The lowest BCUT2D eigenvalue weighted by Gasteiger charge is -2.07. The van der Waals surface area contributed by atoms with Crippen molar-refractivity contribution in [2.75, 3.05) is 13.7 Å². The molecule has 1 aliphatic rings. The van der Waals surface area contributed by atoms with Crippen molar-refractivity contribution in [3.8, 4) is 0 Å². The Morgan fingerprint density at radius 1 is 1.67 bits per heavy atom. The van der Waals surface area contributed by atoms with Crippen LogP contribution in [0.2, 0.25) is 0 Å². The fraction of sp³-hybridized carbons (Fsp3) is 0.250. The van der Waals surface area contributed by atoms with E-state index < -0.39 is 11.9 Å². The highest BCUT2D eigenvalue weighted by Crippen LogP contribution is 2.05. The summed E-state index contributed by atoms with van der Waals surface area (Å²) in [5.74, 6) is -0.843. The number of rotatable bonds is 1. The maximum absolute atomic E-state index is 10.7. The molecule has 0 N–H and O–H groups in total. The summed E-state index contributed by atoms with van der Waals surface area (Å²) in [6, 6.07) is 0. The van der Waals surface area contributed by atoms with E-state index in [0.717, 1.165) is 0 Å². The normalized spacial score (nSPS) is 19.1. The molecule has 0 atom stereocenters. The van der Waals surface area contributed by atoms with Gasteiger partial charge in [-0.25, -0.2) is 9.59 Å². The minimum Gasteiger partial charge on any atom is -0.466 e. The smallest absolute Gasteiger partial charge is 0.331 e. The summed E-state index contributed by atoms with van der Waals surface area (Å²) < 4.78 is 9.02. The summed E-state index contributed by atoms with van der Waals surface area (Å²) in [7, 11) is 1.29. The van der Waals surface area contributed by atoms with Crippen LogP contribution in [0.25, 0.3) is 0 Å². The van der Waals surface area contributed by atoms with Gasteiger partial charge in [0.15, 0.2) is 0 Å². The van der Waals surface area contributed by atoms with Crippen LogP contribution in [0, 0.1) is 0 Å². The van der Waals surface area contributed by atoms with Crippen LogP contribution in [-0.2, 0) is 19.1 Å². The molecule has 0 aromatic heterocycles. The van der Waals surface area contributed by atoms with E-state index in [1.807, 2.05) is 0 Å². The predicted octanol–water partition coefficient (Wildman–Crippen LogP) is 0.199. The highest BCUT2D eigenvalue weighted by molar-refractivity contribution is 5.87. The van der Waals surface area contributed by atoms with Crippen molar-refractivity contribution in [2.45, 2.75) is 0 Å². The Kier molecular flexibility index (Phi) is 2.63. The van der Waals surface area contributed by atoms with Crippen LogP contribution in [-0.4, -0.2) is 25.7 Å². The Morgan fingerprint density at radius 2 is 2.42 bits per heavy atom. The Labute approximate surface area is 69.5 Å². The summed E-state index contributed by atoms with van der Waals surface area (Å²) in [6.07, 6.45) is 4.07. The monoisotopic (exact) mass is 168 g/mol.